The third-order valence-corrected chi connectivity index (χ3v) is 6.77. The van der Waals surface area contributed by atoms with E-state index >= 15 is 0 Å². The van der Waals surface area contributed by atoms with E-state index < -0.39 is 15.4 Å². The highest BCUT2D eigenvalue weighted by Gasteiger charge is 2.50. The van der Waals surface area contributed by atoms with Crippen LogP contribution in [0.5, 0.6) is 0 Å². The lowest BCUT2D eigenvalue weighted by atomic mass is 9.78. The van der Waals surface area contributed by atoms with Crippen LogP contribution in [0.1, 0.15) is 32.6 Å². The molecule has 128 valence electrons. The molecule has 2 aliphatic rings. The maximum absolute atomic E-state index is 12.8. The summed E-state index contributed by atoms with van der Waals surface area (Å²) in [7, 11) is -1.77. The number of aryl methyl sites for hydroxylation is 1. The molecule has 0 saturated carbocycles. The van der Waals surface area contributed by atoms with E-state index in [-0.39, 0.29) is 17.3 Å². The van der Waals surface area contributed by atoms with Gasteiger partial charge in [0.2, 0.25) is 15.9 Å². The van der Waals surface area contributed by atoms with Gasteiger partial charge in [-0.05, 0) is 25.7 Å². The molecule has 1 amide bonds. The first-order valence-electron chi connectivity index (χ1n) is 8.17. The van der Waals surface area contributed by atoms with E-state index in [2.05, 4.69) is 5.10 Å². The average Bonchev–Trinajstić information content (AvgIpc) is 3.14. The van der Waals surface area contributed by atoms with Gasteiger partial charge in [-0.15, -0.1) is 0 Å². The smallest absolute Gasteiger partial charge is 0.246 e. The minimum atomic E-state index is -3.57. The van der Waals surface area contributed by atoms with Gasteiger partial charge in [0, 0.05) is 39.4 Å². The third kappa shape index (κ3) is 2.78. The zero-order valence-electron chi connectivity index (χ0n) is 13.7. The largest absolute Gasteiger partial charge is 0.345 e. The lowest BCUT2D eigenvalue weighted by molar-refractivity contribution is -0.143. The molecule has 1 aromatic heterocycles. The molecule has 2 fully saturated rings. The second kappa shape index (κ2) is 5.90. The van der Waals surface area contributed by atoms with Gasteiger partial charge in [-0.2, -0.15) is 9.40 Å². The van der Waals surface area contributed by atoms with Gasteiger partial charge in [0.25, 0.3) is 0 Å². The Morgan fingerprint density at radius 3 is 2.83 bits per heavy atom. The second-order valence-electron chi connectivity index (χ2n) is 6.64. The Morgan fingerprint density at radius 1 is 1.30 bits per heavy atom. The summed E-state index contributed by atoms with van der Waals surface area (Å²) >= 11 is 0. The molecule has 0 bridgehead atoms. The summed E-state index contributed by atoms with van der Waals surface area (Å²) < 4.78 is 28.7. The maximum atomic E-state index is 12.8. The Kier molecular flexibility index (Phi) is 4.22. The fraction of sp³-hybridized carbons (Fsp3) is 0.733. The second-order valence-corrected chi connectivity index (χ2v) is 8.58. The van der Waals surface area contributed by atoms with E-state index in [9.17, 15) is 13.2 Å². The first kappa shape index (κ1) is 16.4. The van der Waals surface area contributed by atoms with Gasteiger partial charge in [0.1, 0.15) is 4.90 Å². The minimum Gasteiger partial charge on any atom is -0.345 e. The number of rotatable bonds is 4. The van der Waals surface area contributed by atoms with Crippen molar-refractivity contribution in [2.75, 3.05) is 26.7 Å². The molecule has 1 aromatic rings. The Bertz CT molecular complexity index is 699. The van der Waals surface area contributed by atoms with Crippen molar-refractivity contribution in [3.8, 4) is 0 Å². The van der Waals surface area contributed by atoms with Crippen LogP contribution in [0.25, 0.3) is 0 Å². The summed E-state index contributed by atoms with van der Waals surface area (Å²) in [6, 6.07) is 0. The van der Waals surface area contributed by atoms with Crippen molar-refractivity contribution < 1.29 is 13.2 Å². The molecule has 1 atom stereocenters. The standard InChI is InChI=1S/C15H24N4O3S/c1-3-7-18-11-13(10-16-18)23(21,22)19-9-6-15(12-19)5-4-8-17(2)14(15)20/h10-11H,3-9,12H2,1-2H3. The SMILES string of the molecule is CCCn1cc(S(=O)(=O)N2CCC3(CCCN(C)C3=O)C2)cn1. The number of carbonyl (C=O) groups excluding carboxylic acids is 1. The molecule has 0 aliphatic carbocycles. The summed E-state index contributed by atoms with van der Waals surface area (Å²) in [5.41, 5.74) is -0.528. The first-order valence-corrected chi connectivity index (χ1v) is 9.61. The van der Waals surface area contributed by atoms with Crippen LogP contribution in [-0.4, -0.2) is 60.0 Å². The van der Waals surface area contributed by atoms with Crippen molar-refractivity contribution in [2.24, 2.45) is 5.41 Å². The molecule has 7 nitrogen and oxygen atoms in total. The minimum absolute atomic E-state index is 0.0862. The van der Waals surface area contributed by atoms with Crippen molar-refractivity contribution >= 4 is 15.9 Å². The molecular weight excluding hydrogens is 316 g/mol. The molecule has 23 heavy (non-hydrogen) atoms. The number of carbonyl (C=O) groups is 1. The Morgan fingerprint density at radius 2 is 2.09 bits per heavy atom. The van der Waals surface area contributed by atoms with Crippen molar-refractivity contribution in [2.45, 2.75) is 44.0 Å². The topological polar surface area (TPSA) is 75.5 Å². The average molecular weight is 340 g/mol. The van der Waals surface area contributed by atoms with Gasteiger partial charge in [-0.25, -0.2) is 8.42 Å². The summed E-state index contributed by atoms with van der Waals surface area (Å²) in [5, 5.41) is 4.11. The number of piperidine rings is 1. The highest BCUT2D eigenvalue weighted by Crippen LogP contribution is 2.41. The Labute approximate surface area is 137 Å². The molecule has 8 heteroatoms. The van der Waals surface area contributed by atoms with Crippen molar-refractivity contribution in [1.82, 2.24) is 19.0 Å². The number of sulfonamides is 1. The fourth-order valence-corrected chi connectivity index (χ4v) is 5.15. The number of aromatic nitrogens is 2. The van der Waals surface area contributed by atoms with Gasteiger partial charge >= 0.3 is 0 Å². The van der Waals surface area contributed by atoms with E-state index in [1.165, 1.54) is 10.5 Å². The lowest BCUT2D eigenvalue weighted by Gasteiger charge is -2.37. The quantitative estimate of drug-likeness (QED) is 0.817. The zero-order valence-corrected chi connectivity index (χ0v) is 14.5. The number of amides is 1. The zero-order chi connectivity index (χ0) is 16.7. The van der Waals surface area contributed by atoms with Crippen LogP contribution in [0.15, 0.2) is 17.3 Å². The summed E-state index contributed by atoms with van der Waals surface area (Å²) in [4.78, 5) is 14.5. The van der Waals surface area contributed by atoms with Crippen LogP contribution in [0, 0.1) is 5.41 Å². The summed E-state index contributed by atoms with van der Waals surface area (Å²) in [6.45, 7) is 4.17. The van der Waals surface area contributed by atoms with Crippen molar-refractivity contribution in [1.29, 1.82) is 0 Å². The number of hydrogen-bond acceptors (Lipinski definition) is 4. The van der Waals surface area contributed by atoms with Crippen molar-refractivity contribution in [3.05, 3.63) is 12.4 Å². The Balaban J connectivity index is 1.81. The number of likely N-dealkylation sites (tertiary alicyclic amines) is 1. The summed E-state index contributed by atoms with van der Waals surface area (Å²) in [6.07, 6.45) is 6.21. The maximum Gasteiger partial charge on any atom is 0.246 e. The van der Waals surface area contributed by atoms with Crippen LogP contribution >= 0.6 is 0 Å². The molecule has 1 spiro atoms. The molecule has 0 aromatic carbocycles. The van der Waals surface area contributed by atoms with Crippen LogP contribution < -0.4 is 0 Å². The van der Waals surface area contributed by atoms with Gasteiger partial charge in [-0.3, -0.25) is 9.48 Å². The number of nitrogens with zero attached hydrogens (tertiary/aromatic N) is 4. The molecule has 3 heterocycles. The Hall–Kier alpha value is -1.41. The van der Waals surface area contributed by atoms with Gasteiger partial charge < -0.3 is 4.90 Å². The van der Waals surface area contributed by atoms with Crippen LogP contribution in [0.3, 0.4) is 0 Å². The fourth-order valence-electron chi connectivity index (χ4n) is 3.66. The molecular formula is C15H24N4O3S. The van der Waals surface area contributed by atoms with Crippen molar-refractivity contribution in [3.63, 3.8) is 0 Å². The van der Waals surface area contributed by atoms with Crippen LogP contribution in [0.2, 0.25) is 0 Å². The third-order valence-electron chi connectivity index (χ3n) is 4.97. The number of hydrogen-bond donors (Lipinski definition) is 0. The van der Waals surface area contributed by atoms with Gasteiger partial charge in [0.15, 0.2) is 0 Å². The first-order chi connectivity index (χ1) is 10.9. The summed E-state index contributed by atoms with van der Waals surface area (Å²) in [5.74, 6) is 0.0862. The van der Waals surface area contributed by atoms with E-state index in [4.69, 9.17) is 0 Å². The monoisotopic (exact) mass is 340 g/mol. The van der Waals surface area contributed by atoms with E-state index in [1.807, 2.05) is 6.92 Å². The molecule has 0 N–H and O–H groups in total. The normalized spacial score (nSPS) is 26.3. The van der Waals surface area contributed by atoms with E-state index in [0.29, 0.717) is 19.5 Å². The molecule has 0 radical (unpaired) electrons. The predicted octanol–water partition coefficient (Wildman–Crippen LogP) is 0.926. The molecule has 2 saturated heterocycles. The van der Waals surface area contributed by atoms with Gasteiger partial charge in [0.05, 0.1) is 11.6 Å². The predicted molar refractivity (Wildman–Crippen MR) is 85.2 cm³/mol. The lowest BCUT2D eigenvalue weighted by Crippen LogP contribution is -2.48. The molecule has 1 unspecified atom stereocenters. The molecule has 3 rings (SSSR count). The van der Waals surface area contributed by atoms with Crippen LogP contribution in [0.4, 0.5) is 0 Å². The van der Waals surface area contributed by atoms with E-state index in [1.54, 1.807) is 22.8 Å². The van der Waals surface area contributed by atoms with E-state index in [0.717, 1.165) is 25.8 Å². The highest BCUT2D eigenvalue weighted by atomic mass is 32.2. The van der Waals surface area contributed by atoms with Gasteiger partial charge in [-0.1, -0.05) is 6.92 Å². The molecule has 2 aliphatic heterocycles. The van der Waals surface area contributed by atoms with Crippen LogP contribution in [-0.2, 0) is 21.4 Å². The highest BCUT2D eigenvalue weighted by molar-refractivity contribution is 7.89.